The van der Waals surface area contributed by atoms with Crippen LogP contribution in [0.2, 0.25) is 0 Å². The summed E-state index contributed by atoms with van der Waals surface area (Å²) >= 11 is 0. The molecule has 4 rings (SSSR count). The molecule has 3 aromatic rings. The molecule has 1 aliphatic heterocycles. The quantitative estimate of drug-likeness (QED) is 0.805. The lowest BCUT2D eigenvalue weighted by Crippen LogP contribution is -2.31. The smallest absolute Gasteiger partial charge is 0.265 e. The highest BCUT2D eigenvalue weighted by Crippen LogP contribution is 2.30. The van der Waals surface area contributed by atoms with Crippen LogP contribution in [-0.2, 0) is 18.3 Å². The van der Waals surface area contributed by atoms with Gasteiger partial charge in [0.25, 0.3) is 5.91 Å². The first-order valence-electron chi connectivity index (χ1n) is 7.71. The second kappa shape index (κ2) is 5.81. The lowest BCUT2D eigenvalue weighted by molar-refractivity contribution is -0.122. The van der Waals surface area contributed by atoms with Crippen LogP contribution in [0, 0.1) is 0 Å². The van der Waals surface area contributed by atoms with Crippen LogP contribution in [0.3, 0.4) is 0 Å². The van der Waals surface area contributed by atoms with Crippen LogP contribution in [0.4, 0.5) is 5.69 Å². The first kappa shape index (κ1) is 14.4. The van der Waals surface area contributed by atoms with Crippen molar-refractivity contribution in [2.45, 2.75) is 12.5 Å². The van der Waals surface area contributed by atoms with E-state index in [0.29, 0.717) is 17.9 Å². The van der Waals surface area contributed by atoms with Crippen molar-refractivity contribution in [2.75, 3.05) is 5.32 Å². The molecule has 0 aliphatic carbocycles. The number of hydrogen-bond acceptors (Lipinski definition) is 4. The second-order valence-electron chi connectivity index (χ2n) is 5.72. The third-order valence-electron chi connectivity index (χ3n) is 4.08. The molecule has 24 heavy (non-hydrogen) atoms. The monoisotopic (exact) mass is 320 g/mol. The van der Waals surface area contributed by atoms with E-state index in [1.165, 1.54) is 0 Å². The number of nitrogens with one attached hydrogen (secondary N) is 1. The van der Waals surface area contributed by atoms with Crippen LogP contribution in [-0.4, -0.2) is 26.8 Å². The third kappa shape index (κ3) is 2.52. The standard InChI is InChI=1S/C18H16N4O2/c1-22-11-19-21-17(22)13-7-3-4-8-14(13)20-18(23)16-10-12-6-2-5-9-15(12)24-16/h2-9,11,16H,10H2,1H3,(H,20,23). The number of aryl methyl sites for hydroxylation is 1. The molecule has 0 radical (unpaired) electrons. The van der Waals surface area contributed by atoms with Crippen LogP contribution in [0.25, 0.3) is 11.4 Å². The predicted octanol–water partition coefficient (Wildman–Crippen LogP) is 2.42. The Morgan fingerprint density at radius 2 is 2.00 bits per heavy atom. The van der Waals surface area contributed by atoms with Crippen LogP contribution >= 0.6 is 0 Å². The van der Waals surface area contributed by atoms with Gasteiger partial charge in [0.05, 0.1) is 5.69 Å². The van der Waals surface area contributed by atoms with Gasteiger partial charge in [-0.1, -0.05) is 30.3 Å². The zero-order chi connectivity index (χ0) is 16.5. The van der Waals surface area contributed by atoms with E-state index < -0.39 is 6.10 Å². The first-order chi connectivity index (χ1) is 11.7. The largest absolute Gasteiger partial charge is 0.480 e. The number of ether oxygens (including phenoxy) is 1. The number of carbonyl (C=O) groups is 1. The lowest BCUT2D eigenvalue weighted by atomic mass is 10.1. The number of hydrogen-bond donors (Lipinski definition) is 1. The topological polar surface area (TPSA) is 69.0 Å². The van der Waals surface area contributed by atoms with E-state index in [0.717, 1.165) is 16.9 Å². The van der Waals surface area contributed by atoms with Gasteiger partial charge in [0.2, 0.25) is 0 Å². The average molecular weight is 320 g/mol. The Morgan fingerprint density at radius 1 is 1.21 bits per heavy atom. The van der Waals surface area contributed by atoms with Gasteiger partial charge in [-0.15, -0.1) is 10.2 Å². The minimum Gasteiger partial charge on any atom is -0.480 e. The Labute approximate surface area is 139 Å². The maximum Gasteiger partial charge on any atom is 0.265 e. The Bertz CT molecular complexity index is 878. The molecule has 0 spiro atoms. The lowest BCUT2D eigenvalue weighted by Gasteiger charge is -2.14. The van der Waals surface area contributed by atoms with Crippen LogP contribution in [0.15, 0.2) is 54.9 Å². The van der Waals surface area contributed by atoms with Crippen molar-refractivity contribution in [3.8, 4) is 17.1 Å². The van der Waals surface area contributed by atoms with Crippen molar-refractivity contribution in [1.82, 2.24) is 14.8 Å². The van der Waals surface area contributed by atoms with E-state index in [-0.39, 0.29) is 5.91 Å². The fourth-order valence-corrected chi connectivity index (χ4v) is 2.86. The number of benzene rings is 2. The van der Waals surface area contributed by atoms with Crippen LogP contribution in [0.1, 0.15) is 5.56 Å². The molecule has 0 fully saturated rings. The molecule has 120 valence electrons. The highest BCUT2D eigenvalue weighted by molar-refractivity contribution is 5.98. The fourth-order valence-electron chi connectivity index (χ4n) is 2.86. The minimum absolute atomic E-state index is 0.166. The molecule has 1 amide bonds. The summed E-state index contributed by atoms with van der Waals surface area (Å²) in [5, 5.41) is 11.0. The Balaban J connectivity index is 1.57. The number of aromatic nitrogens is 3. The van der Waals surface area contributed by atoms with Crippen molar-refractivity contribution in [3.05, 3.63) is 60.4 Å². The van der Waals surface area contributed by atoms with E-state index >= 15 is 0 Å². The van der Waals surface area contributed by atoms with Crippen LogP contribution in [0.5, 0.6) is 5.75 Å². The predicted molar refractivity (Wildman–Crippen MR) is 89.6 cm³/mol. The normalized spacial score (nSPS) is 15.6. The number of nitrogens with zero attached hydrogens (tertiary/aromatic N) is 3. The third-order valence-corrected chi connectivity index (χ3v) is 4.08. The van der Waals surface area contributed by atoms with Gasteiger partial charge in [-0.25, -0.2) is 0 Å². The highest BCUT2D eigenvalue weighted by atomic mass is 16.5. The molecule has 2 heterocycles. The number of amides is 1. The molecule has 1 atom stereocenters. The van der Waals surface area contributed by atoms with Crippen molar-refractivity contribution in [2.24, 2.45) is 7.05 Å². The summed E-state index contributed by atoms with van der Waals surface area (Å²) in [6, 6.07) is 15.3. The summed E-state index contributed by atoms with van der Waals surface area (Å²) in [5.41, 5.74) is 2.57. The van der Waals surface area contributed by atoms with Gasteiger partial charge in [-0.3, -0.25) is 4.79 Å². The molecule has 6 nitrogen and oxygen atoms in total. The molecule has 1 N–H and O–H groups in total. The summed E-state index contributed by atoms with van der Waals surface area (Å²) in [5.74, 6) is 1.31. The van der Waals surface area contributed by atoms with E-state index in [2.05, 4.69) is 15.5 Å². The second-order valence-corrected chi connectivity index (χ2v) is 5.72. The summed E-state index contributed by atoms with van der Waals surface area (Å²) in [6.07, 6.45) is 1.69. The molecular weight excluding hydrogens is 304 g/mol. The average Bonchev–Trinajstić information content (AvgIpc) is 3.21. The highest BCUT2D eigenvalue weighted by Gasteiger charge is 2.29. The number of carbonyl (C=O) groups excluding carboxylic acids is 1. The SMILES string of the molecule is Cn1cnnc1-c1ccccc1NC(=O)C1Cc2ccccc2O1. The van der Waals surface area contributed by atoms with Gasteiger partial charge in [0, 0.05) is 19.0 Å². The summed E-state index contributed by atoms with van der Waals surface area (Å²) in [4.78, 5) is 12.6. The van der Waals surface area contributed by atoms with E-state index in [1.807, 2.05) is 60.1 Å². The van der Waals surface area contributed by atoms with Crippen LogP contribution < -0.4 is 10.1 Å². The zero-order valence-electron chi connectivity index (χ0n) is 13.1. The van der Waals surface area contributed by atoms with Crippen molar-refractivity contribution in [3.63, 3.8) is 0 Å². The van der Waals surface area contributed by atoms with Crippen molar-refractivity contribution >= 4 is 11.6 Å². The molecule has 0 saturated carbocycles. The van der Waals surface area contributed by atoms with Gasteiger partial charge < -0.3 is 14.6 Å². The first-order valence-corrected chi connectivity index (χ1v) is 7.71. The molecular formula is C18H16N4O2. The number of rotatable bonds is 3. The number of anilines is 1. The minimum atomic E-state index is -0.519. The maximum atomic E-state index is 12.6. The summed E-state index contributed by atoms with van der Waals surface area (Å²) in [7, 11) is 1.87. The van der Waals surface area contributed by atoms with Crippen molar-refractivity contribution in [1.29, 1.82) is 0 Å². The number of fused-ring (bicyclic) bond motifs is 1. The van der Waals surface area contributed by atoms with Gasteiger partial charge in [0.1, 0.15) is 12.1 Å². The van der Waals surface area contributed by atoms with E-state index in [1.54, 1.807) is 6.33 Å². The van der Waals surface area contributed by atoms with Gasteiger partial charge in [-0.2, -0.15) is 0 Å². The molecule has 1 aliphatic rings. The molecule has 0 bridgehead atoms. The van der Waals surface area contributed by atoms with Gasteiger partial charge >= 0.3 is 0 Å². The molecule has 1 aromatic heterocycles. The summed E-state index contributed by atoms with van der Waals surface area (Å²) in [6.45, 7) is 0. The number of para-hydroxylation sites is 2. The van der Waals surface area contributed by atoms with Gasteiger partial charge in [-0.05, 0) is 23.8 Å². The zero-order valence-corrected chi connectivity index (χ0v) is 13.1. The molecule has 0 saturated heterocycles. The summed E-state index contributed by atoms with van der Waals surface area (Å²) < 4.78 is 7.56. The Hall–Kier alpha value is -3.15. The maximum absolute atomic E-state index is 12.6. The van der Waals surface area contributed by atoms with Crippen molar-refractivity contribution < 1.29 is 9.53 Å². The molecule has 6 heteroatoms. The Kier molecular flexibility index (Phi) is 3.49. The fraction of sp³-hybridized carbons (Fsp3) is 0.167. The molecule has 1 unspecified atom stereocenters. The molecule has 2 aromatic carbocycles. The van der Waals surface area contributed by atoms with E-state index in [4.69, 9.17) is 4.74 Å². The van der Waals surface area contributed by atoms with Gasteiger partial charge in [0.15, 0.2) is 11.9 Å². The Morgan fingerprint density at radius 3 is 2.79 bits per heavy atom. The van der Waals surface area contributed by atoms with E-state index in [9.17, 15) is 4.79 Å².